The molecule has 3 aromatic carbocycles. The van der Waals surface area contributed by atoms with Gasteiger partial charge in [0.15, 0.2) is 0 Å². The third-order valence-corrected chi connectivity index (χ3v) is 7.71. The summed E-state index contributed by atoms with van der Waals surface area (Å²) in [6.07, 6.45) is 2.41. The van der Waals surface area contributed by atoms with E-state index in [4.69, 9.17) is 0 Å². The molecule has 1 aliphatic heterocycles. The fraction of sp³-hybridized carbons (Fsp3) is 0.269. The summed E-state index contributed by atoms with van der Waals surface area (Å²) in [5, 5.41) is 2.87. The number of anilines is 1. The summed E-state index contributed by atoms with van der Waals surface area (Å²) in [4.78, 5) is 15.2. The number of rotatable bonds is 9. The van der Waals surface area contributed by atoms with Crippen LogP contribution in [0.25, 0.3) is 0 Å². The van der Waals surface area contributed by atoms with Crippen molar-refractivity contribution in [2.24, 2.45) is 0 Å². The minimum atomic E-state index is -4.07. The largest absolute Gasteiger partial charge is 0.350 e. The second-order valence-corrected chi connectivity index (χ2v) is 10.2. The van der Waals surface area contributed by atoms with Crippen LogP contribution in [0.1, 0.15) is 24.0 Å². The fourth-order valence-electron chi connectivity index (χ4n) is 4.09. The predicted octanol–water partition coefficient (Wildman–Crippen LogP) is 3.93. The molecule has 0 atom stereocenters. The highest BCUT2D eigenvalue weighted by atomic mass is 32.2. The molecule has 8 heteroatoms. The van der Waals surface area contributed by atoms with Gasteiger partial charge in [-0.25, -0.2) is 12.8 Å². The van der Waals surface area contributed by atoms with Gasteiger partial charge in [0, 0.05) is 13.1 Å². The average molecular weight is 482 g/mol. The number of sulfonamides is 1. The molecule has 0 unspecified atom stereocenters. The molecular formula is C26H28FN3O3S. The number of likely N-dealkylation sites (tertiary alicyclic amines) is 1. The quantitative estimate of drug-likeness (QED) is 0.503. The van der Waals surface area contributed by atoms with Crippen molar-refractivity contribution in [3.8, 4) is 0 Å². The van der Waals surface area contributed by atoms with Crippen LogP contribution in [0.4, 0.5) is 10.1 Å². The van der Waals surface area contributed by atoms with Gasteiger partial charge in [0.25, 0.3) is 10.0 Å². The molecule has 0 spiro atoms. The number of amides is 1. The maximum absolute atomic E-state index is 13.4. The first kappa shape index (κ1) is 23.9. The van der Waals surface area contributed by atoms with Crippen molar-refractivity contribution < 1.29 is 17.6 Å². The lowest BCUT2D eigenvalue weighted by Gasteiger charge is -2.24. The zero-order chi connectivity index (χ0) is 24.0. The Labute approximate surface area is 200 Å². The molecule has 178 valence electrons. The van der Waals surface area contributed by atoms with Gasteiger partial charge >= 0.3 is 0 Å². The second kappa shape index (κ2) is 10.8. The Bertz CT molecular complexity index is 1210. The first-order chi connectivity index (χ1) is 16.4. The van der Waals surface area contributed by atoms with E-state index in [9.17, 15) is 17.6 Å². The van der Waals surface area contributed by atoms with Crippen molar-refractivity contribution in [3.63, 3.8) is 0 Å². The minimum absolute atomic E-state index is 0.0819. The predicted molar refractivity (Wildman–Crippen MR) is 130 cm³/mol. The standard InChI is InChI=1S/C26H28FN3O3S/c27-23-12-14-25(15-13-23)34(32,33)30(24-10-2-1-3-11-24)20-26(31)28-18-21-8-4-5-9-22(21)19-29-16-6-7-17-29/h1-5,8-15H,6-7,16-20H2,(H,28,31). The number of nitrogens with zero attached hydrogens (tertiary/aromatic N) is 2. The number of hydrogen-bond acceptors (Lipinski definition) is 4. The first-order valence-corrected chi connectivity index (χ1v) is 12.8. The highest BCUT2D eigenvalue weighted by molar-refractivity contribution is 7.92. The molecular weight excluding hydrogens is 453 g/mol. The third kappa shape index (κ3) is 5.81. The Morgan fingerprint density at radius 2 is 1.50 bits per heavy atom. The minimum Gasteiger partial charge on any atom is -0.350 e. The summed E-state index contributed by atoms with van der Waals surface area (Å²) in [7, 11) is -4.07. The van der Waals surface area contributed by atoms with Crippen molar-refractivity contribution in [1.29, 1.82) is 0 Å². The van der Waals surface area contributed by atoms with Crippen LogP contribution in [-0.4, -0.2) is 38.9 Å². The number of halogens is 1. The highest BCUT2D eigenvalue weighted by Gasteiger charge is 2.27. The van der Waals surface area contributed by atoms with Gasteiger partial charge in [-0.2, -0.15) is 0 Å². The van der Waals surface area contributed by atoms with Crippen LogP contribution in [0, 0.1) is 5.82 Å². The van der Waals surface area contributed by atoms with Crippen LogP contribution in [0.2, 0.25) is 0 Å². The maximum atomic E-state index is 13.4. The summed E-state index contributed by atoms with van der Waals surface area (Å²) in [6.45, 7) is 2.91. The number of carbonyl (C=O) groups is 1. The topological polar surface area (TPSA) is 69.7 Å². The molecule has 1 saturated heterocycles. The van der Waals surface area contributed by atoms with Crippen LogP contribution in [0.15, 0.2) is 83.8 Å². The first-order valence-electron chi connectivity index (χ1n) is 11.3. The van der Waals surface area contributed by atoms with Crippen molar-refractivity contribution >= 4 is 21.6 Å². The smallest absolute Gasteiger partial charge is 0.264 e. The van der Waals surface area contributed by atoms with E-state index in [1.807, 2.05) is 18.2 Å². The van der Waals surface area contributed by atoms with E-state index < -0.39 is 28.3 Å². The fourth-order valence-corrected chi connectivity index (χ4v) is 5.51. The normalized spacial score (nSPS) is 14.1. The molecule has 1 amide bonds. The van der Waals surface area contributed by atoms with Gasteiger partial charge in [0.2, 0.25) is 5.91 Å². The van der Waals surface area contributed by atoms with Crippen LogP contribution in [-0.2, 0) is 27.9 Å². The van der Waals surface area contributed by atoms with E-state index in [0.29, 0.717) is 12.2 Å². The zero-order valence-electron chi connectivity index (χ0n) is 18.9. The van der Waals surface area contributed by atoms with Gasteiger partial charge < -0.3 is 5.32 Å². The van der Waals surface area contributed by atoms with Crippen LogP contribution < -0.4 is 9.62 Å². The molecule has 3 aromatic rings. The lowest BCUT2D eigenvalue weighted by atomic mass is 10.1. The number of benzene rings is 3. The zero-order valence-corrected chi connectivity index (χ0v) is 19.7. The van der Waals surface area contributed by atoms with Crippen LogP contribution in [0.5, 0.6) is 0 Å². The van der Waals surface area contributed by atoms with Crippen LogP contribution >= 0.6 is 0 Å². The van der Waals surface area contributed by atoms with Gasteiger partial charge in [-0.1, -0.05) is 42.5 Å². The van der Waals surface area contributed by atoms with Gasteiger partial charge in [-0.15, -0.1) is 0 Å². The Morgan fingerprint density at radius 1 is 0.882 bits per heavy atom. The molecule has 0 radical (unpaired) electrons. The molecule has 1 heterocycles. The summed E-state index contributed by atoms with van der Waals surface area (Å²) in [5.74, 6) is -0.957. The SMILES string of the molecule is O=C(CN(c1ccccc1)S(=O)(=O)c1ccc(F)cc1)NCc1ccccc1CN1CCCC1. The monoisotopic (exact) mass is 481 g/mol. The van der Waals surface area contributed by atoms with Gasteiger partial charge in [0.1, 0.15) is 12.4 Å². The Hall–Kier alpha value is -3.23. The number of nitrogens with one attached hydrogen (secondary N) is 1. The van der Waals surface area contributed by atoms with E-state index >= 15 is 0 Å². The summed E-state index contributed by atoms with van der Waals surface area (Å²) >= 11 is 0. The maximum Gasteiger partial charge on any atom is 0.264 e. The average Bonchev–Trinajstić information content (AvgIpc) is 3.36. The molecule has 0 aromatic heterocycles. The molecule has 1 aliphatic rings. The summed E-state index contributed by atoms with van der Waals surface area (Å²) in [6, 6.07) is 21.0. The lowest BCUT2D eigenvalue weighted by Crippen LogP contribution is -2.40. The molecule has 0 bridgehead atoms. The molecule has 4 rings (SSSR count). The summed E-state index contributed by atoms with van der Waals surface area (Å²) in [5.41, 5.74) is 2.52. The molecule has 34 heavy (non-hydrogen) atoms. The van der Waals surface area contributed by atoms with Crippen molar-refractivity contribution in [2.75, 3.05) is 23.9 Å². The Balaban J connectivity index is 1.49. The number of hydrogen-bond donors (Lipinski definition) is 1. The Kier molecular flexibility index (Phi) is 7.59. The van der Waals surface area contributed by atoms with Gasteiger partial charge in [-0.3, -0.25) is 14.0 Å². The van der Waals surface area contributed by atoms with Crippen molar-refractivity contribution in [2.45, 2.75) is 30.8 Å². The molecule has 6 nitrogen and oxygen atoms in total. The third-order valence-electron chi connectivity index (χ3n) is 5.92. The number of carbonyl (C=O) groups excluding carboxylic acids is 1. The lowest BCUT2D eigenvalue weighted by molar-refractivity contribution is -0.119. The van der Waals surface area contributed by atoms with Gasteiger partial charge in [-0.05, 0) is 73.5 Å². The van der Waals surface area contributed by atoms with E-state index in [0.717, 1.165) is 47.2 Å². The van der Waals surface area contributed by atoms with E-state index in [1.165, 1.54) is 25.0 Å². The number of para-hydroxylation sites is 1. The van der Waals surface area contributed by atoms with E-state index in [2.05, 4.69) is 16.3 Å². The van der Waals surface area contributed by atoms with Crippen molar-refractivity contribution in [3.05, 3.63) is 95.8 Å². The highest BCUT2D eigenvalue weighted by Crippen LogP contribution is 2.23. The van der Waals surface area contributed by atoms with E-state index in [-0.39, 0.29) is 4.90 Å². The molecule has 0 saturated carbocycles. The van der Waals surface area contributed by atoms with Crippen LogP contribution in [0.3, 0.4) is 0 Å². The van der Waals surface area contributed by atoms with E-state index in [1.54, 1.807) is 30.3 Å². The molecule has 1 N–H and O–H groups in total. The van der Waals surface area contributed by atoms with Crippen molar-refractivity contribution in [1.82, 2.24) is 10.2 Å². The molecule has 0 aliphatic carbocycles. The Morgan fingerprint density at radius 3 is 2.18 bits per heavy atom. The van der Waals surface area contributed by atoms with Gasteiger partial charge in [0.05, 0.1) is 10.6 Å². The summed E-state index contributed by atoms with van der Waals surface area (Å²) < 4.78 is 41.0. The second-order valence-electron chi connectivity index (χ2n) is 8.33. The molecule has 1 fully saturated rings.